The average Bonchev–Trinajstić information content (AvgIpc) is 3.12. The van der Waals surface area contributed by atoms with Gasteiger partial charge in [-0.3, -0.25) is 9.78 Å². The Hall–Kier alpha value is -3.35. The molecule has 0 atom stereocenters. The molecule has 0 saturated heterocycles. The third-order valence-electron chi connectivity index (χ3n) is 4.18. The molecule has 0 spiro atoms. The Labute approximate surface area is 143 Å². The van der Waals surface area contributed by atoms with E-state index in [0.29, 0.717) is 23.6 Å². The van der Waals surface area contributed by atoms with Crippen LogP contribution in [0.4, 0.5) is 5.82 Å². The van der Waals surface area contributed by atoms with Crippen LogP contribution in [0.25, 0.3) is 23.1 Å². The Morgan fingerprint density at radius 1 is 1.40 bits per heavy atom. The van der Waals surface area contributed by atoms with Gasteiger partial charge in [0.05, 0.1) is 7.11 Å². The lowest BCUT2D eigenvalue weighted by atomic mass is 10.1. The first-order valence-electron chi connectivity index (χ1n) is 7.85. The number of ether oxygens (including phenoxy) is 1. The fraction of sp³-hybridized carbons (Fsp3) is 0.167. The Bertz CT molecular complexity index is 995. The zero-order chi connectivity index (χ0) is 17.4. The maximum Gasteiger partial charge on any atom is 0.222 e. The number of anilines is 1. The van der Waals surface area contributed by atoms with Gasteiger partial charge in [-0.25, -0.2) is 4.98 Å². The fourth-order valence-corrected chi connectivity index (χ4v) is 3.02. The Morgan fingerprint density at radius 2 is 2.28 bits per heavy atom. The van der Waals surface area contributed by atoms with Crippen LogP contribution in [0.2, 0.25) is 0 Å². The number of aliphatic hydroxyl groups is 1. The number of nitrogens with one attached hydrogen (secondary N) is 1. The summed E-state index contributed by atoms with van der Waals surface area (Å²) >= 11 is 0. The smallest absolute Gasteiger partial charge is 0.222 e. The zero-order valence-corrected chi connectivity index (χ0v) is 13.6. The van der Waals surface area contributed by atoms with E-state index in [-0.39, 0.29) is 16.9 Å². The maximum absolute atomic E-state index is 12.1. The van der Waals surface area contributed by atoms with Gasteiger partial charge in [-0.2, -0.15) is 0 Å². The SMILES string of the molecule is COc1c2nc(/C=C(\O)c3cccnc3)n3c(c-2ccc1=O)NCC3. The first kappa shape index (κ1) is 15.2. The van der Waals surface area contributed by atoms with E-state index in [1.54, 1.807) is 36.7 Å². The quantitative estimate of drug-likeness (QED) is 0.713. The largest absolute Gasteiger partial charge is 0.507 e. The van der Waals surface area contributed by atoms with E-state index < -0.39 is 0 Å². The Kier molecular flexibility index (Phi) is 3.61. The monoisotopic (exact) mass is 336 g/mol. The molecule has 0 aromatic carbocycles. The lowest BCUT2D eigenvalue weighted by molar-refractivity contribution is 0.411. The van der Waals surface area contributed by atoms with E-state index in [4.69, 9.17) is 4.74 Å². The molecule has 1 aliphatic carbocycles. The molecule has 0 unspecified atom stereocenters. The Morgan fingerprint density at radius 3 is 3.04 bits per heavy atom. The molecule has 1 aromatic heterocycles. The number of benzene rings is 1. The minimum atomic E-state index is -0.225. The molecule has 0 radical (unpaired) electrons. The maximum atomic E-state index is 12.1. The van der Waals surface area contributed by atoms with Crippen LogP contribution in [0.15, 0.2) is 41.5 Å². The van der Waals surface area contributed by atoms with Gasteiger partial charge in [0.2, 0.25) is 5.43 Å². The van der Waals surface area contributed by atoms with Gasteiger partial charge in [-0.15, -0.1) is 0 Å². The highest BCUT2D eigenvalue weighted by Gasteiger charge is 2.24. The van der Waals surface area contributed by atoms with Crippen molar-refractivity contribution in [2.75, 3.05) is 19.0 Å². The molecule has 0 fully saturated rings. The van der Waals surface area contributed by atoms with E-state index in [9.17, 15) is 9.90 Å². The fourth-order valence-electron chi connectivity index (χ4n) is 3.02. The van der Waals surface area contributed by atoms with Crippen LogP contribution in [0.5, 0.6) is 5.75 Å². The molecule has 7 heteroatoms. The lowest BCUT2D eigenvalue weighted by Crippen LogP contribution is -2.12. The predicted octanol–water partition coefficient (Wildman–Crippen LogP) is 2.23. The summed E-state index contributed by atoms with van der Waals surface area (Å²) in [5.74, 6) is 1.65. The van der Waals surface area contributed by atoms with Crippen molar-refractivity contribution in [3.8, 4) is 17.0 Å². The predicted molar refractivity (Wildman–Crippen MR) is 94.9 cm³/mol. The van der Waals surface area contributed by atoms with Crippen molar-refractivity contribution in [1.82, 2.24) is 14.5 Å². The van der Waals surface area contributed by atoms with Gasteiger partial charge < -0.3 is 19.7 Å². The van der Waals surface area contributed by atoms with E-state index in [2.05, 4.69) is 15.3 Å². The summed E-state index contributed by atoms with van der Waals surface area (Å²) in [4.78, 5) is 20.6. The highest BCUT2D eigenvalue weighted by Crippen LogP contribution is 2.36. The average molecular weight is 336 g/mol. The third kappa shape index (κ3) is 2.50. The Balaban J connectivity index is 1.96. The van der Waals surface area contributed by atoms with Crippen LogP contribution in [0, 0.1) is 0 Å². The second-order valence-corrected chi connectivity index (χ2v) is 5.66. The van der Waals surface area contributed by atoms with Crippen molar-refractivity contribution in [2.24, 2.45) is 0 Å². The van der Waals surface area contributed by atoms with Crippen molar-refractivity contribution < 1.29 is 9.84 Å². The third-order valence-corrected chi connectivity index (χ3v) is 4.18. The molecule has 2 aliphatic heterocycles. The van der Waals surface area contributed by atoms with Crippen LogP contribution < -0.4 is 15.5 Å². The first-order chi connectivity index (χ1) is 12.2. The first-order valence-corrected chi connectivity index (χ1v) is 7.85. The van der Waals surface area contributed by atoms with Crippen molar-refractivity contribution in [1.29, 1.82) is 0 Å². The van der Waals surface area contributed by atoms with Crippen molar-refractivity contribution in [2.45, 2.75) is 6.54 Å². The molecule has 0 amide bonds. The number of aromatic nitrogens is 3. The topological polar surface area (TPSA) is 89.3 Å². The molecular formula is C18H16N4O3. The summed E-state index contributed by atoms with van der Waals surface area (Å²) in [5.41, 5.74) is 1.65. The number of pyridine rings is 1. The number of methoxy groups -OCH3 is 1. The minimum Gasteiger partial charge on any atom is -0.507 e. The van der Waals surface area contributed by atoms with E-state index in [1.165, 1.54) is 13.2 Å². The number of aliphatic hydroxyl groups excluding tert-OH is 1. The normalized spacial score (nSPS) is 13.6. The molecule has 4 rings (SSSR count). The van der Waals surface area contributed by atoms with Gasteiger partial charge in [0, 0.05) is 42.7 Å². The number of hydrogen-bond acceptors (Lipinski definition) is 6. The number of nitrogens with zero attached hydrogens (tertiary/aromatic N) is 3. The van der Waals surface area contributed by atoms with Crippen molar-refractivity contribution in [3.05, 3.63) is 58.3 Å². The van der Waals surface area contributed by atoms with Crippen LogP contribution in [-0.2, 0) is 6.54 Å². The van der Waals surface area contributed by atoms with Gasteiger partial charge in [-0.05, 0) is 24.3 Å². The van der Waals surface area contributed by atoms with E-state index in [0.717, 1.165) is 17.9 Å². The van der Waals surface area contributed by atoms with Crippen LogP contribution in [0.1, 0.15) is 11.4 Å². The second kappa shape index (κ2) is 5.94. The number of hydrogen-bond donors (Lipinski definition) is 2. The molecule has 0 saturated carbocycles. The molecule has 0 bridgehead atoms. The zero-order valence-electron chi connectivity index (χ0n) is 13.6. The summed E-state index contributed by atoms with van der Waals surface area (Å²) < 4.78 is 7.23. The van der Waals surface area contributed by atoms with Gasteiger partial charge in [-0.1, -0.05) is 0 Å². The van der Waals surface area contributed by atoms with E-state index in [1.807, 2.05) is 4.57 Å². The summed E-state index contributed by atoms with van der Waals surface area (Å²) in [7, 11) is 1.45. The number of fused-ring (bicyclic) bond motifs is 3. The molecule has 1 aromatic rings. The number of rotatable bonds is 3. The van der Waals surface area contributed by atoms with Crippen LogP contribution in [-0.4, -0.2) is 33.3 Å². The summed E-state index contributed by atoms with van der Waals surface area (Å²) in [6, 6.07) is 6.73. The summed E-state index contributed by atoms with van der Waals surface area (Å²) in [6.07, 6.45) is 4.79. The summed E-state index contributed by atoms with van der Waals surface area (Å²) in [5, 5.41) is 13.7. The van der Waals surface area contributed by atoms with Crippen LogP contribution in [0.3, 0.4) is 0 Å². The molecule has 3 heterocycles. The van der Waals surface area contributed by atoms with E-state index >= 15 is 0 Å². The minimum absolute atomic E-state index is 0.0544. The highest BCUT2D eigenvalue weighted by molar-refractivity contribution is 5.82. The molecule has 126 valence electrons. The molecule has 25 heavy (non-hydrogen) atoms. The highest BCUT2D eigenvalue weighted by atomic mass is 16.5. The van der Waals surface area contributed by atoms with Crippen molar-refractivity contribution in [3.63, 3.8) is 0 Å². The van der Waals surface area contributed by atoms with Gasteiger partial charge in [0.25, 0.3) is 0 Å². The molecule has 3 aliphatic rings. The van der Waals surface area contributed by atoms with Crippen molar-refractivity contribution >= 4 is 17.7 Å². The standard InChI is InChI=1S/C18H16N4O3/c1-25-17-13(23)5-4-12-16(17)21-15(22-8-7-20-18(12)22)9-14(24)11-3-2-6-19-10-11/h2-6,9-10,20,24H,7-8H2,1H3/b14-9-. The van der Waals surface area contributed by atoms with Gasteiger partial charge in [0.15, 0.2) is 5.75 Å². The van der Waals surface area contributed by atoms with Gasteiger partial charge in [0.1, 0.15) is 23.1 Å². The van der Waals surface area contributed by atoms with Gasteiger partial charge >= 0.3 is 0 Å². The molecule has 2 N–H and O–H groups in total. The second-order valence-electron chi connectivity index (χ2n) is 5.66. The molecule has 7 nitrogen and oxygen atoms in total. The lowest BCUT2D eigenvalue weighted by Gasteiger charge is -2.17. The molecular weight excluding hydrogens is 320 g/mol. The summed E-state index contributed by atoms with van der Waals surface area (Å²) in [6.45, 7) is 1.46. The van der Waals surface area contributed by atoms with Crippen LogP contribution >= 0.6 is 0 Å².